The Morgan fingerprint density at radius 2 is 2.25 bits per heavy atom. The van der Waals surface area contributed by atoms with Gasteiger partial charge >= 0.3 is 5.97 Å². The smallest absolute Gasteiger partial charge is 0.318 e. The Bertz CT molecular complexity index is 734. The highest BCUT2D eigenvalue weighted by Crippen LogP contribution is 2.57. The first-order valence-electron chi connectivity index (χ1n) is 8.62. The molecule has 0 saturated carbocycles. The number of aliphatic carboxylic acids is 1. The standard InChI is InChI=1S/C20H25NO3/c1-5-7-13-14-10-12(3)11-20(19(22)23,15(14)6-2)16-8-9-17(24-4)21-18(13)16/h6,8-10,13-14H,5,7,11H2,1-4H3,(H,22,23)/b15-6+. The van der Waals surface area contributed by atoms with Gasteiger partial charge in [-0.3, -0.25) is 4.79 Å². The van der Waals surface area contributed by atoms with Crippen molar-refractivity contribution in [2.24, 2.45) is 5.92 Å². The van der Waals surface area contributed by atoms with E-state index in [1.54, 1.807) is 13.2 Å². The van der Waals surface area contributed by atoms with Crippen LogP contribution in [0.5, 0.6) is 5.88 Å². The number of nitrogens with zero attached hydrogens (tertiary/aromatic N) is 1. The number of pyridine rings is 1. The molecule has 0 spiro atoms. The van der Waals surface area contributed by atoms with E-state index in [1.807, 2.05) is 26.0 Å². The summed E-state index contributed by atoms with van der Waals surface area (Å²) in [5, 5.41) is 10.2. The van der Waals surface area contributed by atoms with Crippen molar-refractivity contribution < 1.29 is 14.6 Å². The van der Waals surface area contributed by atoms with Crippen LogP contribution >= 0.6 is 0 Å². The number of carboxylic acid groups (broad SMARTS) is 1. The molecule has 1 aromatic rings. The zero-order valence-electron chi connectivity index (χ0n) is 14.8. The van der Waals surface area contributed by atoms with Gasteiger partial charge in [-0.2, -0.15) is 0 Å². The van der Waals surface area contributed by atoms with E-state index in [9.17, 15) is 9.90 Å². The molecular formula is C20H25NO3. The summed E-state index contributed by atoms with van der Waals surface area (Å²) in [6.45, 7) is 6.16. The van der Waals surface area contributed by atoms with Crippen molar-refractivity contribution in [3.8, 4) is 5.88 Å². The van der Waals surface area contributed by atoms with Gasteiger partial charge in [0.15, 0.2) is 0 Å². The molecule has 0 saturated heterocycles. The summed E-state index contributed by atoms with van der Waals surface area (Å²) in [5.74, 6) is 0.0789. The third kappa shape index (κ3) is 2.20. The normalized spacial score (nSPS) is 29.8. The molecule has 0 amide bonds. The van der Waals surface area contributed by atoms with Gasteiger partial charge < -0.3 is 9.84 Å². The second kappa shape index (κ2) is 6.08. The number of rotatable bonds is 4. The molecule has 1 heterocycles. The van der Waals surface area contributed by atoms with E-state index in [-0.39, 0.29) is 11.8 Å². The summed E-state index contributed by atoms with van der Waals surface area (Å²) in [6, 6.07) is 3.70. The van der Waals surface area contributed by atoms with E-state index in [4.69, 9.17) is 9.72 Å². The third-order valence-corrected chi connectivity index (χ3v) is 5.49. The average molecular weight is 327 g/mol. The van der Waals surface area contributed by atoms with Gasteiger partial charge in [-0.1, -0.05) is 37.1 Å². The van der Waals surface area contributed by atoms with E-state index in [0.717, 1.165) is 35.2 Å². The molecule has 3 atom stereocenters. The maximum absolute atomic E-state index is 12.5. The van der Waals surface area contributed by atoms with Crippen molar-refractivity contribution in [1.82, 2.24) is 4.98 Å². The molecule has 1 N–H and O–H groups in total. The Morgan fingerprint density at radius 1 is 1.50 bits per heavy atom. The quantitative estimate of drug-likeness (QED) is 0.841. The average Bonchev–Trinajstić information content (AvgIpc) is 2.57. The zero-order chi connectivity index (χ0) is 17.5. The van der Waals surface area contributed by atoms with Gasteiger partial charge in [0.25, 0.3) is 0 Å². The van der Waals surface area contributed by atoms with Crippen molar-refractivity contribution in [3.05, 3.63) is 46.7 Å². The number of ether oxygens (including phenoxy) is 1. The lowest BCUT2D eigenvalue weighted by Gasteiger charge is -2.48. The molecule has 3 unspecified atom stereocenters. The number of carbonyl (C=O) groups is 1. The molecule has 4 nitrogen and oxygen atoms in total. The number of methoxy groups -OCH3 is 1. The maximum Gasteiger partial charge on any atom is 0.318 e. The summed E-state index contributed by atoms with van der Waals surface area (Å²) in [4.78, 5) is 17.1. The largest absolute Gasteiger partial charge is 0.481 e. The van der Waals surface area contributed by atoms with Gasteiger partial charge in [-0.15, -0.1) is 0 Å². The highest BCUT2D eigenvalue weighted by Gasteiger charge is 2.55. The van der Waals surface area contributed by atoms with Crippen molar-refractivity contribution >= 4 is 5.97 Å². The zero-order valence-corrected chi connectivity index (χ0v) is 14.8. The molecule has 4 heteroatoms. The molecule has 0 fully saturated rings. The first-order valence-corrected chi connectivity index (χ1v) is 8.62. The van der Waals surface area contributed by atoms with Crippen LogP contribution in [0.2, 0.25) is 0 Å². The Kier molecular flexibility index (Phi) is 4.24. The summed E-state index contributed by atoms with van der Waals surface area (Å²) >= 11 is 0. The van der Waals surface area contributed by atoms with Crippen LogP contribution < -0.4 is 4.74 Å². The van der Waals surface area contributed by atoms with Crippen LogP contribution in [-0.4, -0.2) is 23.2 Å². The van der Waals surface area contributed by atoms with Gasteiger partial charge in [0.2, 0.25) is 5.88 Å². The monoisotopic (exact) mass is 327 g/mol. The maximum atomic E-state index is 12.5. The van der Waals surface area contributed by atoms with Gasteiger partial charge in [0.05, 0.1) is 12.8 Å². The lowest BCUT2D eigenvalue weighted by atomic mass is 9.54. The predicted octanol–water partition coefficient (Wildman–Crippen LogP) is 4.22. The number of carboxylic acids is 1. The minimum Gasteiger partial charge on any atom is -0.481 e. The molecule has 0 aliphatic heterocycles. The lowest BCUT2D eigenvalue weighted by molar-refractivity contribution is -0.143. The molecule has 2 aliphatic carbocycles. The van der Waals surface area contributed by atoms with Crippen molar-refractivity contribution in [1.29, 1.82) is 0 Å². The molecule has 0 aromatic carbocycles. The molecule has 128 valence electrons. The first-order chi connectivity index (χ1) is 11.5. The Labute approximate surface area is 143 Å². The molecule has 3 rings (SSSR count). The van der Waals surface area contributed by atoms with Crippen LogP contribution in [0, 0.1) is 5.92 Å². The molecule has 24 heavy (non-hydrogen) atoms. The molecule has 2 bridgehead atoms. The van der Waals surface area contributed by atoms with Gasteiger partial charge in [0, 0.05) is 17.9 Å². The van der Waals surface area contributed by atoms with Crippen LogP contribution in [0.3, 0.4) is 0 Å². The summed E-state index contributed by atoms with van der Waals surface area (Å²) in [5.41, 5.74) is 2.91. The summed E-state index contributed by atoms with van der Waals surface area (Å²) < 4.78 is 5.31. The van der Waals surface area contributed by atoms with E-state index in [2.05, 4.69) is 13.0 Å². The minimum atomic E-state index is -0.989. The fourth-order valence-electron chi connectivity index (χ4n) is 4.61. The number of fused-ring (bicyclic) bond motifs is 4. The summed E-state index contributed by atoms with van der Waals surface area (Å²) in [6.07, 6.45) is 6.79. The second-order valence-electron chi connectivity index (χ2n) is 6.85. The van der Waals surface area contributed by atoms with E-state index < -0.39 is 11.4 Å². The number of hydrogen-bond acceptors (Lipinski definition) is 3. The Balaban J connectivity index is 2.35. The number of hydrogen-bond donors (Lipinski definition) is 1. The first kappa shape index (κ1) is 16.7. The predicted molar refractivity (Wildman–Crippen MR) is 93.4 cm³/mol. The minimum absolute atomic E-state index is 0.104. The Hall–Kier alpha value is -2.10. The van der Waals surface area contributed by atoms with Gasteiger partial charge in [-0.05, 0) is 37.8 Å². The second-order valence-corrected chi connectivity index (χ2v) is 6.85. The topological polar surface area (TPSA) is 59.4 Å². The van der Waals surface area contributed by atoms with Gasteiger partial charge in [0.1, 0.15) is 5.41 Å². The van der Waals surface area contributed by atoms with Crippen molar-refractivity contribution in [3.63, 3.8) is 0 Å². The fourth-order valence-corrected chi connectivity index (χ4v) is 4.61. The highest BCUT2D eigenvalue weighted by molar-refractivity contribution is 5.88. The van der Waals surface area contributed by atoms with Crippen LogP contribution in [-0.2, 0) is 10.2 Å². The van der Waals surface area contributed by atoms with Crippen molar-refractivity contribution in [2.45, 2.75) is 51.4 Å². The van der Waals surface area contributed by atoms with Crippen LogP contribution in [0.15, 0.2) is 35.4 Å². The van der Waals surface area contributed by atoms with E-state index in [0.29, 0.717) is 12.3 Å². The highest BCUT2D eigenvalue weighted by atomic mass is 16.5. The van der Waals surface area contributed by atoms with E-state index >= 15 is 0 Å². The SMILES string of the molecule is C/C=C1\C2C=C(C)CC1(C(=O)O)c1ccc(OC)nc1C2CCC. The molecule has 1 aromatic heterocycles. The fraction of sp³-hybridized carbons (Fsp3) is 0.500. The van der Waals surface area contributed by atoms with Crippen LogP contribution in [0.1, 0.15) is 57.2 Å². The van der Waals surface area contributed by atoms with Crippen LogP contribution in [0.25, 0.3) is 0 Å². The Morgan fingerprint density at radius 3 is 2.83 bits per heavy atom. The van der Waals surface area contributed by atoms with Crippen LogP contribution in [0.4, 0.5) is 0 Å². The number of aromatic nitrogens is 1. The molecular weight excluding hydrogens is 302 g/mol. The molecule has 0 radical (unpaired) electrons. The van der Waals surface area contributed by atoms with Crippen molar-refractivity contribution in [2.75, 3.05) is 7.11 Å². The molecule has 2 aliphatic rings. The third-order valence-electron chi connectivity index (χ3n) is 5.49. The van der Waals surface area contributed by atoms with E-state index in [1.165, 1.54) is 0 Å². The summed E-state index contributed by atoms with van der Waals surface area (Å²) in [7, 11) is 1.60. The number of allylic oxidation sites excluding steroid dienone is 3. The lowest BCUT2D eigenvalue weighted by Crippen LogP contribution is -2.48. The van der Waals surface area contributed by atoms with Gasteiger partial charge in [-0.25, -0.2) is 4.98 Å².